The number of hydrogen-bond donors (Lipinski definition) is 2. The lowest BCUT2D eigenvalue weighted by molar-refractivity contribution is -0.121. The summed E-state index contributed by atoms with van der Waals surface area (Å²) in [6.07, 6.45) is 1.47. The number of fused-ring (bicyclic) bond motifs is 2. The molecule has 2 aromatic heterocycles. The second-order valence-corrected chi connectivity index (χ2v) is 6.54. The Kier molecular flexibility index (Phi) is 5.09. The minimum absolute atomic E-state index is 0.0575. The molecule has 0 saturated heterocycles. The van der Waals surface area contributed by atoms with Crippen LogP contribution < -0.4 is 10.9 Å². The van der Waals surface area contributed by atoms with Gasteiger partial charge in [0, 0.05) is 25.9 Å². The lowest BCUT2D eigenvalue weighted by Gasteiger charge is -2.06. The average Bonchev–Trinajstić information content (AvgIpc) is 3.13. The molecule has 0 aliphatic heterocycles. The van der Waals surface area contributed by atoms with Gasteiger partial charge in [-0.3, -0.25) is 9.59 Å². The zero-order chi connectivity index (χ0) is 19.3. The van der Waals surface area contributed by atoms with Crippen LogP contribution in [0.25, 0.3) is 21.9 Å². The topological polar surface area (TPSA) is 106 Å². The first kappa shape index (κ1) is 17.8. The minimum Gasteiger partial charge on any atom is -0.356 e. The number of rotatable bonds is 7. The zero-order valence-corrected chi connectivity index (χ0v) is 15.3. The highest BCUT2D eigenvalue weighted by Gasteiger charge is 2.07. The lowest BCUT2D eigenvalue weighted by atomic mass is 10.2. The maximum Gasteiger partial charge on any atom is 0.277 e. The molecule has 2 heterocycles. The largest absolute Gasteiger partial charge is 0.356 e. The number of H-pyrrole nitrogens is 1. The molecule has 1 amide bonds. The molecule has 2 aromatic carbocycles. The van der Waals surface area contributed by atoms with Gasteiger partial charge in [-0.15, -0.1) is 5.10 Å². The van der Waals surface area contributed by atoms with E-state index in [1.807, 2.05) is 30.3 Å². The summed E-state index contributed by atoms with van der Waals surface area (Å²) in [6, 6.07) is 14.9. The molecular formula is C20H20N6O2. The lowest BCUT2D eigenvalue weighted by Crippen LogP contribution is -2.28. The number of amides is 1. The molecule has 0 spiro atoms. The number of aromatic nitrogens is 5. The van der Waals surface area contributed by atoms with Crippen LogP contribution in [-0.4, -0.2) is 37.4 Å². The van der Waals surface area contributed by atoms with Gasteiger partial charge >= 0.3 is 0 Å². The molecule has 0 fully saturated rings. The van der Waals surface area contributed by atoms with Crippen molar-refractivity contribution < 1.29 is 4.79 Å². The number of carbonyl (C=O) groups is 1. The van der Waals surface area contributed by atoms with Gasteiger partial charge in [0.2, 0.25) is 5.91 Å². The fourth-order valence-corrected chi connectivity index (χ4v) is 3.09. The Labute approximate surface area is 160 Å². The molecule has 0 saturated carbocycles. The third kappa shape index (κ3) is 3.90. The smallest absolute Gasteiger partial charge is 0.277 e. The third-order valence-electron chi connectivity index (χ3n) is 4.53. The molecule has 4 rings (SSSR count). The molecule has 0 unspecified atom stereocenters. The van der Waals surface area contributed by atoms with Crippen LogP contribution in [0.5, 0.6) is 0 Å². The van der Waals surface area contributed by atoms with E-state index in [9.17, 15) is 9.59 Å². The van der Waals surface area contributed by atoms with Crippen molar-refractivity contribution >= 4 is 27.8 Å². The summed E-state index contributed by atoms with van der Waals surface area (Å²) in [5, 5.41) is 11.4. The second kappa shape index (κ2) is 7.99. The highest BCUT2D eigenvalue weighted by atomic mass is 16.1. The van der Waals surface area contributed by atoms with Gasteiger partial charge in [-0.2, -0.15) is 0 Å². The summed E-state index contributed by atoms with van der Waals surface area (Å²) in [4.78, 5) is 32.1. The standard InChI is InChI=1S/C20H20N6O2/c27-19(21-12-11-18-22-16-8-3-4-9-17(16)23-18)10-5-13-26-20(28)14-6-1-2-7-15(14)24-25-26/h1-4,6-9H,5,10-13H2,(H,21,27)(H,22,23). The summed E-state index contributed by atoms with van der Waals surface area (Å²) >= 11 is 0. The van der Waals surface area contributed by atoms with E-state index in [4.69, 9.17) is 0 Å². The fraction of sp³-hybridized carbons (Fsp3) is 0.250. The molecule has 0 aliphatic carbocycles. The molecular weight excluding hydrogens is 356 g/mol. The highest BCUT2D eigenvalue weighted by Crippen LogP contribution is 2.10. The number of aryl methyl sites for hydroxylation is 1. The summed E-state index contributed by atoms with van der Waals surface area (Å²) < 4.78 is 1.31. The van der Waals surface area contributed by atoms with E-state index < -0.39 is 0 Å². The Balaban J connectivity index is 1.24. The van der Waals surface area contributed by atoms with Crippen molar-refractivity contribution in [1.82, 2.24) is 30.3 Å². The first-order chi connectivity index (χ1) is 13.7. The third-order valence-corrected chi connectivity index (χ3v) is 4.53. The Morgan fingerprint density at radius 2 is 1.86 bits per heavy atom. The van der Waals surface area contributed by atoms with E-state index in [1.165, 1.54) is 4.68 Å². The Morgan fingerprint density at radius 3 is 2.71 bits per heavy atom. The van der Waals surface area contributed by atoms with Crippen LogP contribution in [0.2, 0.25) is 0 Å². The van der Waals surface area contributed by atoms with Crippen LogP contribution in [0, 0.1) is 0 Å². The van der Waals surface area contributed by atoms with Crippen molar-refractivity contribution in [2.75, 3.05) is 6.54 Å². The number of nitrogens with one attached hydrogen (secondary N) is 2. The molecule has 28 heavy (non-hydrogen) atoms. The Bertz CT molecular complexity index is 1150. The Hall–Kier alpha value is -3.55. The van der Waals surface area contributed by atoms with Crippen molar-refractivity contribution in [2.45, 2.75) is 25.8 Å². The molecule has 4 aromatic rings. The van der Waals surface area contributed by atoms with E-state index in [2.05, 4.69) is 25.6 Å². The number of nitrogens with zero attached hydrogens (tertiary/aromatic N) is 4. The fourth-order valence-electron chi connectivity index (χ4n) is 3.09. The van der Waals surface area contributed by atoms with Crippen LogP contribution in [0.15, 0.2) is 53.3 Å². The molecule has 142 valence electrons. The van der Waals surface area contributed by atoms with Gasteiger partial charge in [-0.1, -0.05) is 29.5 Å². The number of hydrogen-bond acceptors (Lipinski definition) is 5. The first-order valence-electron chi connectivity index (χ1n) is 9.23. The monoisotopic (exact) mass is 376 g/mol. The van der Waals surface area contributed by atoms with Crippen molar-refractivity contribution in [3.8, 4) is 0 Å². The second-order valence-electron chi connectivity index (χ2n) is 6.54. The van der Waals surface area contributed by atoms with Gasteiger partial charge < -0.3 is 10.3 Å². The number of para-hydroxylation sites is 2. The number of benzene rings is 2. The summed E-state index contributed by atoms with van der Waals surface area (Å²) in [6.45, 7) is 0.863. The van der Waals surface area contributed by atoms with E-state index in [1.54, 1.807) is 18.2 Å². The van der Waals surface area contributed by atoms with Gasteiger partial charge in [0.1, 0.15) is 11.3 Å². The summed E-state index contributed by atoms with van der Waals surface area (Å²) in [7, 11) is 0. The number of carbonyl (C=O) groups excluding carboxylic acids is 1. The van der Waals surface area contributed by atoms with Crippen molar-refractivity contribution in [2.24, 2.45) is 0 Å². The van der Waals surface area contributed by atoms with Gasteiger partial charge in [0.15, 0.2) is 0 Å². The Morgan fingerprint density at radius 1 is 1.07 bits per heavy atom. The predicted octanol–water partition coefficient (Wildman–Crippen LogP) is 1.81. The molecule has 2 N–H and O–H groups in total. The molecule has 0 aliphatic rings. The van der Waals surface area contributed by atoms with Crippen LogP contribution in [-0.2, 0) is 17.8 Å². The van der Waals surface area contributed by atoms with E-state index in [-0.39, 0.29) is 11.5 Å². The minimum atomic E-state index is -0.184. The van der Waals surface area contributed by atoms with Gasteiger partial charge in [-0.05, 0) is 30.7 Å². The predicted molar refractivity (Wildman–Crippen MR) is 106 cm³/mol. The van der Waals surface area contributed by atoms with Crippen LogP contribution in [0.3, 0.4) is 0 Å². The van der Waals surface area contributed by atoms with E-state index in [0.717, 1.165) is 16.9 Å². The number of imidazole rings is 1. The average molecular weight is 376 g/mol. The van der Waals surface area contributed by atoms with Crippen LogP contribution in [0.1, 0.15) is 18.7 Å². The van der Waals surface area contributed by atoms with Crippen molar-refractivity contribution in [3.63, 3.8) is 0 Å². The summed E-state index contributed by atoms with van der Waals surface area (Å²) in [5.74, 6) is 0.789. The van der Waals surface area contributed by atoms with Crippen LogP contribution >= 0.6 is 0 Å². The maximum atomic E-state index is 12.4. The molecule has 8 nitrogen and oxygen atoms in total. The quantitative estimate of drug-likeness (QED) is 0.512. The van der Waals surface area contributed by atoms with Gasteiger partial charge in [-0.25, -0.2) is 9.67 Å². The highest BCUT2D eigenvalue weighted by molar-refractivity contribution is 5.77. The molecule has 0 bridgehead atoms. The molecule has 0 radical (unpaired) electrons. The molecule has 8 heteroatoms. The van der Waals surface area contributed by atoms with E-state index >= 15 is 0 Å². The van der Waals surface area contributed by atoms with E-state index in [0.29, 0.717) is 43.3 Å². The van der Waals surface area contributed by atoms with Crippen molar-refractivity contribution in [1.29, 1.82) is 0 Å². The summed E-state index contributed by atoms with van der Waals surface area (Å²) in [5.41, 5.74) is 2.31. The maximum absolute atomic E-state index is 12.4. The van der Waals surface area contributed by atoms with Crippen molar-refractivity contribution in [3.05, 3.63) is 64.7 Å². The van der Waals surface area contributed by atoms with Gasteiger partial charge in [0.05, 0.1) is 16.4 Å². The SMILES string of the molecule is O=C(CCCn1nnc2ccccc2c1=O)NCCc1nc2ccccc2[nH]1. The van der Waals surface area contributed by atoms with Crippen LogP contribution in [0.4, 0.5) is 0 Å². The normalized spacial score (nSPS) is 11.1. The van der Waals surface area contributed by atoms with Gasteiger partial charge in [0.25, 0.3) is 5.56 Å². The molecule has 0 atom stereocenters. The zero-order valence-electron chi connectivity index (χ0n) is 15.3. The first-order valence-corrected chi connectivity index (χ1v) is 9.23. The number of aromatic amines is 1.